The van der Waals surface area contributed by atoms with Crippen molar-refractivity contribution in [1.29, 1.82) is 0 Å². The van der Waals surface area contributed by atoms with Crippen molar-refractivity contribution in [2.24, 2.45) is 5.92 Å². The molecule has 2 aromatic carbocycles. The van der Waals surface area contributed by atoms with Crippen LogP contribution >= 0.6 is 0 Å². The van der Waals surface area contributed by atoms with Crippen molar-refractivity contribution in [2.75, 3.05) is 6.61 Å². The first-order valence-electron chi connectivity index (χ1n) is 11.7. The number of ether oxygens (including phenoxy) is 2. The van der Waals surface area contributed by atoms with Crippen LogP contribution in [0.5, 0.6) is 5.75 Å². The zero-order valence-electron chi connectivity index (χ0n) is 19.5. The Morgan fingerprint density at radius 2 is 1.61 bits per heavy atom. The molecule has 170 valence electrons. The Labute approximate surface area is 187 Å². The van der Waals surface area contributed by atoms with Gasteiger partial charge in [0.2, 0.25) is 0 Å². The normalized spacial score (nSPS) is 12.9. The first kappa shape index (κ1) is 24.9. The Morgan fingerprint density at radius 1 is 0.935 bits per heavy atom. The van der Waals surface area contributed by atoms with Crippen LogP contribution in [0.2, 0.25) is 0 Å². The maximum absolute atomic E-state index is 14.5. The van der Waals surface area contributed by atoms with Gasteiger partial charge in [-0.15, -0.1) is 0 Å². The van der Waals surface area contributed by atoms with Gasteiger partial charge in [0.1, 0.15) is 6.10 Å². The van der Waals surface area contributed by atoms with Gasteiger partial charge < -0.3 is 9.47 Å². The van der Waals surface area contributed by atoms with E-state index in [0.29, 0.717) is 24.7 Å². The molecule has 0 fully saturated rings. The summed E-state index contributed by atoms with van der Waals surface area (Å²) >= 11 is 0. The van der Waals surface area contributed by atoms with Crippen LogP contribution < -0.4 is 4.74 Å². The van der Waals surface area contributed by atoms with Gasteiger partial charge in [-0.1, -0.05) is 83.2 Å². The number of unbranched alkanes of at least 4 members (excludes halogenated alkanes) is 4. The molecule has 0 aliphatic rings. The second-order valence-corrected chi connectivity index (χ2v) is 8.38. The van der Waals surface area contributed by atoms with Crippen molar-refractivity contribution in [2.45, 2.75) is 78.7 Å². The number of carbonyl (C=O) groups excluding carboxylic acids is 1. The largest absolute Gasteiger partial charge is 0.491 e. The molecule has 0 aromatic heterocycles. The minimum absolute atomic E-state index is 0.172. The van der Waals surface area contributed by atoms with Crippen LogP contribution in [-0.4, -0.2) is 12.6 Å². The second kappa shape index (κ2) is 13.1. The van der Waals surface area contributed by atoms with Crippen molar-refractivity contribution in [3.63, 3.8) is 0 Å². The highest BCUT2D eigenvalue weighted by Crippen LogP contribution is 2.28. The Hall–Kier alpha value is -2.36. The summed E-state index contributed by atoms with van der Waals surface area (Å²) in [7, 11) is 0. The molecule has 2 unspecified atom stereocenters. The van der Waals surface area contributed by atoms with Crippen LogP contribution in [0, 0.1) is 11.7 Å². The third-order valence-electron chi connectivity index (χ3n) is 5.67. The van der Waals surface area contributed by atoms with E-state index in [9.17, 15) is 9.18 Å². The van der Waals surface area contributed by atoms with Crippen LogP contribution in [-0.2, 0) is 9.53 Å². The van der Waals surface area contributed by atoms with Gasteiger partial charge in [0, 0.05) is 6.42 Å². The smallest absolute Gasteiger partial charge is 0.306 e. The highest BCUT2D eigenvalue weighted by atomic mass is 19.1. The van der Waals surface area contributed by atoms with Crippen molar-refractivity contribution in [3.8, 4) is 16.9 Å². The van der Waals surface area contributed by atoms with Gasteiger partial charge in [0.15, 0.2) is 11.6 Å². The number of hydrogen-bond acceptors (Lipinski definition) is 3. The minimum atomic E-state index is -0.345. The third-order valence-corrected chi connectivity index (χ3v) is 5.67. The van der Waals surface area contributed by atoms with Gasteiger partial charge in [0.25, 0.3) is 0 Å². The number of rotatable bonds is 13. The summed E-state index contributed by atoms with van der Waals surface area (Å²) < 4.78 is 25.6. The summed E-state index contributed by atoms with van der Waals surface area (Å²) in [6.07, 6.45) is 6.79. The van der Waals surface area contributed by atoms with Gasteiger partial charge in [0.05, 0.1) is 6.61 Å². The fourth-order valence-electron chi connectivity index (χ4n) is 3.37. The number of carbonyl (C=O) groups is 1. The minimum Gasteiger partial charge on any atom is -0.491 e. The zero-order valence-corrected chi connectivity index (χ0v) is 19.5. The average molecular weight is 429 g/mol. The highest BCUT2D eigenvalue weighted by Gasteiger charge is 2.14. The molecule has 0 spiro atoms. The van der Waals surface area contributed by atoms with E-state index in [2.05, 4.69) is 13.8 Å². The maximum Gasteiger partial charge on any atom is 0.306 e. The van der Waals surface area contributed by atoms with E-state index in [1.165, 1.54) is 25.3 Å². The number of halogens is 1. The Bertz CT molecular complexity index is 801. The lowest BCUT2D eigenvalue weighted by atomic mass is 10.0. The van der Waals surface area contributed by atoms with Crippen LogP contribution in [0.1, 0.15) is 84.3 Å². The molecule has 0 heterocycles. The van der Waals surface area contributed by atoms with E-state index >= 15 is 0 Å². The molecule has 4 heteroatoms. The topological polar surface area (TPSA) is 35.5 Å². The first-order valence-corrected chi connectivity index (χ1v) is 11.7. The van der Waals surface area contributed by atoms with E-state index in [0.717, 1.165) is 36.0 Å². The monoisotopic (exact) mass is 428 g/mol. The summed E-state index contributed by atoms with van der Waals surface area (Å²) in [6, 6.07) is 12.8. The average Bonchev–Trinajstić information content (AvgIpc) is 2.76. The molecule has 2 aromatic rings. The van der Waals surface area contributed by atoms with E-state index in [1.54, 1.807) is 6.07 Å². The summed E-state index contributed by atoms with van der Waals surface area (Å²) in [5.74, 6) is 0.110. The molecule has 2 atom stereocenters. The Kier molecular flexibility index (Phi) is 10.6. The molecule has 0 N–H and O–H groups in total. The van der Waals surface area contributed by atoms with Crippen LogP contribution in [0.25, 0.3) is 11.1 Å². The van der Waals surface area contributed by atoms with Crippen molar-refractivity contribution in [1.82, 2.24) is 0 Å². The lowest BCUT2D eigenvalue weighted by Crippen LogP contribution is -2.12. The first-order chi connectivity index (χ1) is 14.9. The lowest BCUT2D eigenvalue weighted by Gasteiger charge is -2.16. The zero-order chi connectivity index (χ0) is 22.6. The fraction of sp³-hybridized carbons (Fsp3) is 0.519. The van der Waals surface area contributed by atoms with Crippen LogP contribution in [0.4, 0.5) is 4.39 Å². The molecule has 0 bridgehead atoms. The molecule has 0 amide bonds. The number of benzene rings is 2. The summed E-state index contributed by atoms with van der Waals surface area (Å²) in [6.45, 7) is 8.71. The van der Waals surface area contributed by atoms with E-state index in [-0.39, 0.29) is 17.9 Å². The second-order valence-electron chi connectivity index (χ2n) is 8.38. The summed E-state index contributed by atoms with van der Waals surface area (Å²) in [5, 5.41) is 0. The van der Waals surface area contributed by atoms with E-state index < -0.39 is 0 Å². The van der Waals surface area contributed by atoms with Crippen molar-refractivity contribution in [3.05, 3.63) is 53.8 Å². The molecule has 31 heavy (non-hydrogen) atoms. The van der Waals surface area contributed by atoms with Gasteiger partial charge in [-0.2, -0.15) is 0 Å². The molecular weight excluding hydrogens is 391 g/mol. The molecule has 0 saturated carbocycles. The Balaban J connectivity index is 1.91. The molecule has 2 rings (SSSR count). The lowest BCUT2D eigenvalue weighted by molar-refractivity contribution is -0.149. The summed E-state index contributed by atoms with van der Waals surface area (Å²) in [5.41, 5.74) is 2.62. The maximum atomic E-state index is 14.5. The SMILES string of the molecule is CCCCCCCOc1ccc(-c2ccc(C(C)OC(=O)CC(C)CC)cc2)cc1F. The highest BCUT2D eigenvalue weighted by molar-refractivity contribution is 5.70. The van der Waals surface area contributed by atoms with Gasteiger partial charge in [-0.25, -0.2) is 4.39 Å². The van der Waals surface area contributed by atoms with Crippen LogP contribution in [0.15, 0.2) is 42.5 Å². The van der Waals surface area contributed by atoms with Gasteiger partial charge >= 0.3 is 5.97 Å². The molecule has 0 saturated heterocycles. The third kappa shape index (κ3) is 8.35. The quantitative estimate of drug-likeness (QED) is 0.240. The predicted molar refractivity (Wildman–Crippen MR) is 125 cm³/mol. The van der Waals surface area contributed by atoms with Gasteiger partial charge in [-0.3, -0.25) is 4.79 Å². The predicted octanol–water partition coefficient (Wildman–Crippen LogP) is 7.88. The Morgan fingerprint density at radius 3 is 2.26 bits per heavy atom. The number of hydrogen-bond donors (Lipinski definition) is 0. The fourth-order valence-corrected chi connectivity index (χ4v) is 3.37. The van der Waals surface area contributed by atoms with Gasteiger partial charge in [-0.05, 0) is 48.1 Å². The van der Waals surface area contributed by atoms with E-state index in [4.69, 9.17) is 9.47 Å². The van der Waals surface area contributed by atoms with Crippen LogP contribution in [0.3, 0.4) is 0 Å². The molecule has 0 radical (unpaired) electrons. The van der Waals surface area contributed by atoms with E-state index in [1.807, 2.05) is 44.2 Å². The standard InChI is InChI=1S/C27H37FO3/c1-5-7-8-9-10-17-30-26-16-15-24(19-25(26)28)23-13-11-22(12-14-23)21(4)31-27(29)18-20(3)6-2/h11-16,19-21H,5-10,17-18H2,1-4H3. The number of esters is 1. The summed E-state index contributed by atoms with van der Waals surface area (Å²) in [4.78, 5) is 12.0. The molecule has 0 aliphatic heterocycles. The molecular formula is C27H37FO3. The molecule has 3 nitrogen and oxygen atoms in total. The van der Waals surface area contributed by atoms with Crippen molar-refractivity contribution < 1.29 is 18.7 Å². The van der Waals surface area contributed by atoms with Crippen molar-refractivity contribution >= 4 is 5.97 Å². The molecule has 0 aliphatic carbocycles.